The summed E-state index contributed by atoms with van der Waals surface area (Å²) in [6.45, 7) is 1.62. The lowest BCUT2D eigenvalue weighted by Gasteiger charge is -2.24. The van der Waals surface area contributed by atoms with Gasteiger partial charge in [-0.2, -0.15) is 16.1 Å². The SMILES string of the molecule is NCc1csc(S(=O)(=O)N2CCSCC2)c1. The Hall–Kier alpha value is -0.0800. The average Bonchev–Trinajstić information content (AvgIpc) is 2.79. The van der Waals surface area contributed by atoms with E-state index in [9.17, 15) is 8.42 Å². The molecule has 1 fully saturated rings. The van der Waals surface area contributed by atoms with Crippen molar-refractivity contribution in [2.45, 2.75) is 10.8 Å². The van der Waals surface area contributed by atoms with Crippen LogP contribution in [-0.4, -0.2) is 37.3 Å². The zero-order valence-corrected chi connectivity index (χ0v) is 11.2. The molecule has 90 valence electrons. The minimum atomic E-state index is -3.27. The zero-order valence-electron chi connectivity index (χ0n) is 8.76. The average molecular weight is 278 g/mol. The summed E-state index contributed by atoms with van der Waals surface area (Å²) in [7, 11) is -3.27. The minimum absolute atomic E-state index is 0.391. The molecule has 2 rings (SSSR count). The highest BCUT2D eigenvalue weighted by Gasteiger charge is 2.27. The van der Waals surface area contributed by atoms with Crippen molar-refractivity contribution in [1.82, 2.24) is 4.31 Å². The van der Waals surface area contributed by atoms with Crippen molar-refractivity contribution in [2.75, 3.05) is 24.6 Å². The van der Waals surface area contributed by atoms with E-state index in [0.29, 0.717) is 23.8 Å². The molecule has 4 nitrogen and oxygen atoms in total. The van der Waals surface area contributed by atoms with Crippen LogP contribution < -0.4 is 5.73 Å². The number of sulfonamides is 1. The van der Waals surface area contributed by atoms with E-state index in [4.69, 9.17) is 5.73 Å². The number of nitrogens with zero attached hydrogens (tertiary/aromatic N) is 1. The molecule has 1 aromatic rings. The molecule has 0 saturated carbocycles. The van der Waals surface area contributed by atoms with E-state index in [2.05, 4.69) is 0 Å². The maximum Gasteiger partial charge on any atom is 0.252 e. The molecular formula is C9H14N2O2S3. The van der Waals surface area contributed by atoms with Crippen molar-refractivity contribution in [2.24, 2.45) is 5.73 Å². The molecular weight excluding hydrogens is 264 g/mol. The first-order valence-electron chi connectivity index (χ1n) is 5.00. The lowest BCUT2D eigenvalue weighted by molar-refractivity contribution is 0.445. The van der Waals surface area contributed by atoms with E-state index in [0.717, 1.165) is 17.1 Å². The Bertz CT molecular complexity index is 449. The standard InChI is InChI=1S/C9H14N2O2S3/c10-6-8-5-9(15-7-8)16(12,13)11-1-3-14-4-2-11/h5,7H,1-4,6,10H2. The van der Waals surface area contributed by atoms with Gasteiger partial charge in [0.15, 0.2) is 0 Å². The molecule has 0 unspecified atom stereocenters. The van der Waals surface area contributed by atoms with Gasteiger partial charge in [0.25, 0.3) is 10.0 Å². The van der Waals surface area contributed by atoms with Crippen LogP contribution in [-0.2, 0) is 16.6 Å². The molecule has 0 radical (unpaired) electrons. The monoisotopic (exact) mass is 278 g/mol. The summed E-state index contributed by atoms with van der Waals surface area (Å²) in [6.07, 6.45) is 0. The number of thiophene rings is 1. The Morgan fingerprint density at radius 1 is 1.38 bits per heavy atom. The van der Waals surface area contributed by atoms with Gasteiger partial charge in [-0.3, -0.25) is 0 Å². The first-order chi connectivity index (χ1) is 7.64. The summed E-state index contributed by atoms with van der Waals surface area (Å²) in [4.78, 5) is 0. The van der Waals surface area contributed by atoms with E-state index in [1.54, 1.807) is 22.1 Å². The largest absolute Gasteiger partial charge is 0.326 e. The van der Waals surface area contributed by atoms with Crippen LogP contribution in [0, 0.1) is 0 Å². The third-order valence-electron chi connectivity index (χ3n) is 2.43. The van der Waals surface area contributed by atoms with Crippen LogP contribution in [0.1, 0.15) is 5.56 Å². The molecule has 1 saturated heterocycles. The molecule has 1 aromatic heterocycles. The van der Waals surface area contributed by atoms with Gasteiger partial charge in [0.05, 0.1) is 0 Å². The Kier molecular flexibility index (Phi) is 3.91. The van der Waals surface area contributed by atoms with Gasteiger partial charge in [-0.05, 0) is 17.0 Å². The molecule has 0 amide bonds. The fraction of sp³-hybridized carbons (Fsp3) is 0.556. The van der Waals surface area contributed by atoms with Crippen molar-refractivity contribution in [3.8, 4) is 0 Å². The van der Waals surface area contributed by atoms with Crippen molar-refractivity contribution in [3.63, 3.8) is 0 Å². The van der Waals surface area contributed by atoms with E-state index in [-0.39, 0.29) is 0 Å². The van der Waals surface area contributed by atoms with Crippen LogP contribution in [0.4, 0.5) is 0 Å². The Labute approximate surface area is 104 Å². The summed E-state index contributed by atoms with van der Waals surface area (Å²) in [6, 6.07) is 1.68. The molecule has 16 heavy (non-hydrogen) atoms. The predicted molar refractivity (Wildman–Crippen MR) is 68.3 cm³/mol. The topological polar surface area (TPSA) is 63.4 Å². The van der Waals surface area contributed by atoms with Crippen molar-refractivity contribution < 1.29 is 8.42 Å². The van der Waals surface area contributed by atoms with Gasteiger partial charge in [0.2, 0.25) is 0 Å². The van der Waals surface area contributed by atoms with E-state index >= 15 is 0 Å². The van der Waals surface area contributed by atoms with Crippen LogP contribution in [0.15, 0.2) is 15.7 Å². The lowest BCUT2D eigenvalue weighted by atomic mass is 10.4. The Morgan fingerprint density at radius 3 is 2.62 bits per heavy atom. The summed E-state index contributed by atoms with van der Waals surface area (Å²) < 4.78 is 26.4. The maximum atomic E-state index is 12.2. The quantitative estimate of drug-likeness (QED) is 0.894. The second-order valence-electron chi connectivity index (χ2n) is 3.49. The van der Waals surface area contributed by atoms with Gasteiger partial charge in [-0.15, -0.1) is 11.3 Å². The number of hydrogen-bond donors (Lipinski definition) is 1. The fourth-order valence-corrected chi connectivity index (χ4v) is 5.46. The summed E-state index contributed by atoms with van der Waals surface area (Å²) >= 11 is 3.06. The van der Waals surface area contributed by atoms with Gasteiger partial charge < -0.3 is 5.73 Å². The number of nitrogens with two attached hydrogens (primary N) is 1. The lowest BCUT2D eigenvalue weighted by Crippen LogP contribution is -2.37. The molecule has 0 spiro atoms. The fourth-order valence-electron chi connectivity index (χ4n) is 1.51. The summed E-state index contributed by atoms with van der Waals surface area (Å²) in [5.41, 5.74) is 6.36. The smallest absolute Gasteiger partial charge is 0.252 e. The predicted octanol–water partition coefficient (Wildman–Crippen LogP) is 0.944. The first-order valence-corrected chi connectivity index (χ1v) is 8.47. The maximum absolute atomic E-state index is 12.2. The van der Waals surface area contributed by atoms with Crippen LogP contribution in [0.25, 0.3) is 0 Å². The highest BCUT2D eigenvalue weighted by molar-refractivity contribution is 7.99. The molecule has 2 N–H and O–H groups in total. The molecule has 0 aliphatic carbocycles. The van der Waals surface area contributed by atoms with Crippen molar-refractivity contribution >= 4 is 33.1 Å². The van der Waals surface area contributed by atoms with Gasteiger partial charge in [-0.1, -0.05) is 0 Å². The number of thioether (sulfide) groups is 1. The third-order valence-corrected chi connectivity index (χ3v) is 6.73. The molecule has 0 atom stereocenters. The molecule has 0 bridgehead atoms. The van der Waals surface area contributed by atoms with E-state index in [1.807, 2.05) is 5.38 Å². The van der Waals surface area contributed by atoms with Crippen LogP contribution in [0.3, 0.4) is 0 Å². The van der Waals surface area contributed by atoms with Crippen LogP contribution >= 0.6 is 23.1 Å². The van der Waals surface area contributed by atoms with Gasteiger partial charge >= 0.3 is 0 Å². The highest BCUT2D eigenvalue weighted by atomic mass is 32.2. The summed E-state index contributed by atoms with van der Waals surface area (Å²) in [5, 5.41) is 1.81. The van der Waals surface area contributed by atoms with E-state index in [1.165, 1.54) is 11.3 Å². The molecule has 7 heteroatoms. The Morgan fingerprint density at radius 2 is 2.06 bits per heavy atom. The van der Waals surface area contributed by atoms with Crippen LogP contribution in [0.5, 0.6) is 0 Å². The van der Waals surface area contributed by atoms with Gasteiger partial charge in [0, 0.05) is 31.1 Å². The molecule has 1 aliphatic heterocycles. The zero-order chi connectivity index (χ0) is 11.6. The first kappa shape index (κ1) is 12.4. The second kappa shape index (κ2) is 5.05. The van der Waals surface area contributed by atoms with E-state index < -0.39 is 10.0 Å². The molecule has 2 heterocycles. The summed E-state index contributed by atoms with van der Waals surface area (Å²) in [5.74, 6) is 1.77. The van der Waals surface area contributed by atoms with Crippen molar-refractivity contribution in [3.05, 3.63) is 17.0 Å². The van der Waals surface area contributed by atoms with Crippen LogP contribution in [0.2, 0.25) is 0 Å². The Balaban J connectivity index is 2.23. The number of hydrogen-bond acceptors (Lipinski definition) is 5. The third kappa shape index (κ3) is 2.43. The van der Waals surface area contributed by atoms with Gasteiger partial charge in [-0.25, -0.2) is 8.42 Å². The minimum Gasteiger partial charge on any atom is -0.326 e. The van der Waals surface area contributed by atoms with Crippen molar-refractivity contribution in [1.29, 1.82) is 0 Å². The number of rotatable bonds is 3. The normalized spacial score (nSPS) is 18.8. The molecule has 0 aromatic carbocycles. The molecule has 1 aliphatic rings. The van der Waals surface area contributed by atoms with Gasteiger partial charge in [0.1, 0.15) is 4.21 Å². The highest BCUT2D eigenvalue weighted by Crippen LogP contribution is 2.25. The second-order valence-corrected chi connectivity index (χ2v) is 7.80.